The molecule has 1 fully saturated rings. The van der Waals surface area contributed by atoms with Crippen LogP contribution in [0, 0.1) is 5.92 Å². The van der Waals surface area contributed by atoms with Gasteiger partial charge in [-0.3, -0.25) is 4.79 Å². The Kier molecular flexibility index (Phi) is 1.98. The van der Waals surface area contributed by atoms with Gasteiger partial charge in [-0.2, -0.15) is 0 Å². The Labute approximate surface area is 103 Å². The van der Waals surface area contributed by atoms with Gasteiger partial charge in [0.05, 0.1) is 5.41 Å². The maximum Gasteiger partial charge on any atom is 0.237 e. The Balaban J connectivity index is 2.17. The summed E-state index contributed by atoms with van der Waals surface area (Å²) in [6, 6.07) is 6.06. The zero-order chi connectivity index (χ0) is 11.5. The van der Waals surface area contributed by atoms with Crippen LogP contribution in [-0.2, 0) is 10.2 Å². The minimum absolute atomic E-state index is 0.205. The summed E-state index contributed by atoms with van der Waals surface area (Å²) >= 11 is 3.44. The predicted molar refractivity (Wildman–Crippen MR) is 66.4 cm³/mol. The number of hydrogen-bond acceptors (Lipinski definition) is 2. The molecule has 1 heterocycles. The number of benzene rings is 1. The number of fused-ring (bicyclic) bond motifs is 2. The van der Waals surface area contributed by atoms with Crippen LogP contribution in [0.5, 0.6) is 0 Å². The van der Waals surface area contributed by atoms with Crippen LogP contribution < -0.4 is 10.6 Å². The highest BCUT2D eigenvalue weighted by Gasteiger charge is 2.65. The van der Waals surface area contributed by atoms with E-state index in [9.17, 15) is 4.79 Å². The standard InChI is InChI=1S/C12H13BrN2O/c1-15-10-4-8(13)2-3-9(10)12(11(15)16)5-7(12)6-14/h2-4,7H,5-6,14H2,1H3. The van der Waals surface area contributed by atoms with E-state index in [0.717, 1.165) is 22.1 Å². The van der Waals surface area contributed by atoms with Crippen LogP contribution in [0.15, 0.2) is 22.7 Å². The van der Waals surface area contributed by atoms with Crippen LogP contribution >= 0.6 is 15.9 Å². The van der Waals surface area contributed by atoms with Crippen molar-refractivity contribution in [2.45, 2.75) is 11.8 Å². The van der Waals surface area contributed by atoms with E-state index in [4.69, 9.17) is 5.73 Å². The van der Waals surface area contributed by atoms with Gasteiger partial charge in [0, 0.05) is 17.2 Å². The van der Waals surface area contributed by atoms with Crippen molar-refractivity contribution in [1.29, 1.82) is 0 Å². The van der Waals surface area contributed by atoms with Gasteiger partial charge in [0.15, 0.2) is 0 Å². The number of amides is 1. The Bertz CT molecular complexity index is 488. The van der Waals surface area contributed by atoms with Gasteiger partial charge < -0.3 is 10.6 Å². The molecular weight excluding hydrogens is 268 g/mol. The second-order valence-corrected chi connectivity index (χ2v) is 5.55. The van der Waals surface area contributed by atoms with Crippen molar-refractivity contribution >= 4 is 27.5 Å². The van der Waals surface area contributed by atoms with E-state index in [1.807, 2.05) is 19.2 Å². The molecule has 4 heteroatoms. The number of nitrogens with two attached hydrogens (primary N) is 1. The van der Waals surface area contributed by atoms with Crippen molar-refractivity contribution in [2.75, 3.05) is 18.5 Å². The lowest BCUT2D eigenvalue weighted by molar-refractivity contribution is -0.120. The summed E-state index contributed by atoms with van der Waals surface area (Å²) in [6.45, 7) is 0.592. The second kappa shape index (κ2) is 3.08. The molecule has 84 valence electrons. The third-order valence-corrected chi connectivity index (χ3v) is 4.37. The monoisotopic (exact) mass is 280 g/mol. The third-order valence-electron chi connectivity index (χ3n) is 3.88. The van der Waals surface area contributed by atoms with Crippen molar-refractivity contribution in [3.8, 4) is 0 Å². The van der Waals surface area contributed by atoms with Gasteiger partial charge in [-0.1, -0.05) is 22.0 Å². The summed E-state index contributed by atoms with van der Waals surface area (Å²) in [5.74, 6) is 0.529. The van der Waals surface area contributed by atoms with Gasteiger partial charge in [0.2, 0.25) is 5.91 Å². The van der Waals surface area contributed by atoms with Crippen molar-refractivity contribution in [3.05, 3.63) is 28.2 Å². The van der Waals surface area contributed by atoms with Gasteiger partial charge in [0.25, 0.3) is 0 Å². The van der Waals surface area contributed by atoms with Crippen LogP contribution in [0.4, 0.5) is 5.69 Å². The van der Waals surface area contributed by atoms with Crippen molar-refractivity contribution in [1.82, 2.24) is 0 Å². The normalized spacial score (nSPS) is 31.1. The van der Waals surface area contributed by atoms with E-state index in [1.165, 1.54) is 0 Å². The van der Waals surface area contributed by atoms with Crippen LogP contribution in [0.25, 0.3) is 0 Å². The number of likely N-dealkylation sites (N-methyl/N-ethyl adjacent to an activating group) is 1. The molecule has 2 unspecified atom stereocenters. The van der Waals surface area contributed by atoms with E-state index >= 15 is 0 Å². The molecule has 1 aromatic rings. The quantitative estimate of drug-likeness (QED) is 0.850. The first-order valence-electron chi connectivity index (χ1n) is 5.39. The molecule has 2 N–H and O–H groups in total. The third kappa shape index (κ3) is 1.04. The largest absolute Gasteiger partial charge is 0.330 e. The molecule has 0 saturated heterocycles. The van der Waals surface area contributed by atoms with Gasteiger partial charge >= 0.3 is 0 Å². The lowest BCUT2D eigenvalue weighted by Gasteiger charge is -2.10. The number of nitrogens with zero attached hydrogens (tertiary/aromatic N) is 1. The van der Waals surface area contributed by atoms with E-state index in [0.29, 0.717) is 12.5 Å². The molecule has 2 atom stereocenters. The molecule has 1 saturated carbocycles. The Morgan fingerprint density at radius 2 is 2.38 bits per heavy atom. The summed E-state index contributed by atoms with van der Waals surface area (Å²) in [4.78, 5) is 14.0. The highest BCUT2D eigenvalue weighted by Crippen LogP contribution is 2.61. The summed E-state index contributed by atoms with van der Waals surface area (Å²) in [7, 11) is 1.84. The molecule has 3 rings (SSSR count). The summed E-state index contributed by atoms with van der Waals surface area (Å²) in [6.07, 6.45) is 0.904. The summed E-state index contributed by atoms with van der Waals surface area (Å²) < 4.78 is 1.01. The minimum Gasteiger partial charge on any atom is -0.330 e. The van der Waals surface area contributed by atoms with Crippen LogP contribution in [-0.4, -0.2) is 19.5 Å². The smallest absolute Gasteiger partial charge is 0.237 e. The Morgan fingerprint density at radius 1 is 1.62 bits per heavy atom. The lowest BCUT2D eigenvalue weighted by atomic mass is 9.95. The maximum absolute atomic E-state index is 12.3. The van der Waals surface area contributed by atoms with Crippen molar-refractivity contribution < 1.29 is 4.79 Å². The molecular formula is C12H13BrN2O. The van der Waals surface area contributed by atoms with Crippen molar-refractivity contribution in [3.63, 3.8) is 0 Å². The number of carbonyl (C=O) groups excluding carboxylic acids is 1. The van der Waals surface area contributed by atoms with Crippen LogP contribution in [0.2, 0.25) is 0 Å². The molecule has 1 spiro atoms. The molecule has 1 amide bonds. The number of anilines is 1. The molecule has 0 bridgehead atoms. The average molecular weight is 281 g/mol. The highest BCUT2D eigenvalue weighted by molar-refractivity contribution is 9.10. The molecule has 1 aromatic carbocycles. The first-order chi connectivity index (χ1) is 7.61. The Morgan fingerprint density at radius 3 is 3.00 bits per heavy atom. The van der Waals surface area contributed by atoms with Crippen LogP contribution in [0.3, 0.4) is 0 Å². The molecule has 2 aliphatic rings. The van der Waals surface area contributed by atoms with Crippen LogP contribution in [0.1, 0.15) is 12.0 Å². The highest BCUT2D eigenvalue weighted by atomic mass is 79.9. The van der Waals surface area contributed by atoms with Gasteiger partial charge in [-0.15, -0.1) is 0 Å². The minimum atomic E-state index is -0.292. The first-order valence-corrected chi connectivity index (χ1v) is 6.19. The molecule has 1 aliphatic carbocycles. The molecule has 16 heavy (non-hydrogen) atoms. The maximum atomic E-state index is 12.3. The van der Waals surface area contributed by atoms with Gasteiger partial charge in [0.1, 0.15) is 0 Å². The topological polar surface area (TPSA) is 46.3 Å². The fraction of sp³-hybridized carbons (Fsp3) is 0.417. The molecule has 0 radical (unpaired) electrons. The lowest BCUT2D eigenvalue weighted by Crippen LogP contribution is -2.30. The fourth-order valence-corrected chi connectivity index (χ4v) is 3.24. The summed E-state index contributed by atoms with van der Waals surface area (Å²) in [5.41, 5.74) is 7.59. The van der Waals surface area contributed by atoms with Gasteiger partial charge in [-0.05, 0) is 36.6 Å². The molecule has 1 aliphatic heterocycles. The van der Waals surface area contributed by atoms with E-state index in [2.05, 4.69) is 22.0 Å². The number of hydrogen-bond donors (Lipinski definition) is 1. The predicted octanol–water partition coefficient (Wildman–Crippen LogP) is 1.64. The molecule has 0 aromatic heterocycles. The van der Waals surface area contributed by atoms with E-state index < -0.39 is 0 Å². The zero-order valence-electron chi connectivity index (χ0n) is 9.03. The van der Waals surface area contributed by atoms with Crippen molar-refractivity contribution in [2.24, 2.45) is 11.7 Å². The number of rotatable bonds is 1. The first kappa shape index (κ1) is 10.3. The summed E-state index contributed by atoms with van der Waals surface area (Å²) in [5, 5.41) is 0. The number of carbonyl (C=O) groups is 1. The zero-order valence-corrected chi connectivity index (χ0v) is 10.6. The Hall–Kier alpha value is -0.870. The average Bonchev–Trinajstić information content (AvgIpc) is 2.98. The van der Waals surface area contributed by atoms with E-state index in [1.54, 1.807) is 4.90 Å². The fourth-order valence-electron chi connectivity index (χ4n) is 2.89. The van der Waals surface area contributed by atoms with E-state index in [-0.39, 0.29) is 11.3 Å². The molecule has 3 nitrogen and oxygen atoms in total. The second-order valence-electron chi connectivity index (χ2n) is 4.63. The van der Waals surface area contributed by atoms with Gasteiger partial charge in [-0.25, -0.2) is 0 Å². The number of halogens is 1. The SMILES string of the molecule is CN1C(=O)C2(CC2CN)c2ccc(Br)cc21.